The van der Waals surface area contributed by atoms with Gasteiger partial charge in [-0.15, -0.1) is 0 Å². The van der Waals surface area contributed by atoms with E-state index in [0.717, 1.165) is 18.8 Å². The highest BCUT2D eigenvalue weighted by Crippen LogP contribution is 2.24. The fraction of sp³-hybridized carbons (Fsp3) is 0.667. The zero-order valence-electron chi connectivity index (χ0n) is 14.8. The van der Waals surface area contributed by atoms with E-state index in [1.165, 1.54) is 12.8 Å². The van der Waals surface area contributed by atoms with Gasteiger partial charge in [-0.1, -0.05) is 27.7 Å². The number of hydrogen-bond acceptors (Lipinski definition) is 3. The van der Waals surface area contributed by atoms with Crippen LogP contribution in [0, 0.1) is 11.8 Å². The van der Waals surface area contributed by atoms with E-state index in [1.54, 1.807) is 16.4 Å². The fourth-order valence-corrected chi connectivity index (χ4v) is 4.81. The highest BCUT2D eigenvalue weighted by molar-refractivity contribution is 7.89. The highest BCUT2D eigenvalue weighted by Gasteiger charge is 2.26. The van der Waals surface area contributed by atoms with Crippen LogP contribution in [0.4, 0.5) is 5.69 Å². The molecule has 5 heteroatoms. The minimum atomic E-state index is -3.42. The Morgan fingerprint density at radius 1 is 0.957 bits per heavy atom. The molecule has 1 aliphatic heterocycles. The van der Waals surface area contributed by atoms with Crippen molar-refractivity contribution in [3.05, 3.63) is 24.3 Å². The first-order chi connectivity index (χ1) is 10.8. The number of sulfonamides is 1. The lowest BCUT2D eigenvalue weighted by molar-refractivity contribution is 0.333. The second-order valence-electron chi connectivity index (χ2n) is 7.30. The van der Waals surface area contributed by atoms with Gasteiger partial charge in [0.1, 0.15) is 0 Å². The summed E-state index contributed by atoms with van der Waals surface area (Å²) in [7, 11) is -3.42. The van der Waals surface area contributed by atoms with E-state index in [1.807, 2.05) is 12.1 Å². The standard InChI is InChI=1S/C18H30N2O2S/c1-15(2)13-20(14-16(3)4)23(21,22)18-9-7-17(8-10-18)19-11-5-6-12-19/h7-10,15-16H,5-6,11-14H2,1-4H3. The molecule has 0 unspecified atom stereocenters. The molecular formula is C18H30N2O2S. The molecule has 130 valence electrons. The Morgan fingerprint density at radius 3 is 1.87 bits per heavy atom. The number of anilines is 1. The van der Waals surface area contributed by atoms with Gasteiger partial charge in [0.15, 0.2) is 0 Å². The van der Waals surface area contributed by atoms with Gasteiger partial charge in [-0.2, -0.15) is 4.31 Å². The Labute approximate surface area is 141 Å². The highest BCUT2D eigenvalue weighted by atomic mass is 32.2. The maximum atomic E-state index is 12.9. The normalized spacial score (nSPS) is 16.0. The molecule has 1 aliphatic rings. The lowest BCUT2D eigenvalue weighted by Crippen LogP contribution is -2.37. The zero-order valence-corrected chi connectivity index (χ0v) is 15.6. The van der Waals surface area contributed by atoms with Gasteiger partial charge in [-0.05, 0) is 48.9 Å². The fourth-order valence-electron chi connectivity index (χ4n) is 3.04. The molecule has 1 saturated heterocycles. The zero-order chi connectivity index (χ0) is 17.0. The summed E-state index contributed by atoms with van der Waals surface area (Å²) in [4.78, 5) is 2.72. The molecule has 23 heavy (non-hydrogen) atoms. The average molecular weight is 339 g/mol. The van der Waals surface area contributed by atoms with E-state index in [9.17, 15) is 8.42 Å². The Bertz CT molecular complexity index is 578. The van der Waals surface area contributed by atoms with Gasteiger partial charge in [-0.25, -0.2) is 8.42 Å². The Hall–Kier alpha value is -1.07. The van der Waals surface area contributed by atoms with E-state index in [0.29, 0.717) is 29.8 Å². The van der Waals surface area contributed by atoms with Crippen molar-refractivity contribution < 1.29 is 8.42 Å². The summed E-state index contributed by atoms with van der Waals surface area (Å²) >= 11 is 0. The van der Waals surface area contributed by atoms with Gasteiger partial charge in [0.2, 0.25) is 10.0 Å². The summed E-state index contributed by atoms with van der Waals surface area (Å²) in [6, 6.07) is 7.41. The molecule has 0 N–H and O–H groups in total. The van der Waals surface area contributed by atoms with Crippen molar-refractivity contribution in [2.24, 2.45) is 11.8 Å². The number of hydrogen-bond donors (Lipinski definition) is 0. The monoisotopic (exact) mass is 338 g/mol. The lowest BCUT2D eigenvalue weighted by Gasteiger charge is -2.26. The van der Waals surface area contributed by atoms with Gasteiger partial charge in [-0.3, -0.25) is 0 Å². The number of nitrogens with zero attached hydrogens (tertiary/aromatic N) is 2. The lowest BCUT2D eigenvalue weighted by atomic mass is 10.2. The number of rotatable bonds is 7. The van der Waals surface area contributed by atoms with E-state index < -0.39 is 10.0 Å². The molecular weight excluding hydrogens is 308 g/mol. The third kappa shape index (κ3) is 4.70. The van der Waals surface area contributed by atoms with Crippen LogP contribution in [0.25, 0.3) is 0 Å². The minimum absolute atomic E-state index is 0.312. The second-order valence-corrected chi connectivity index (χ2v) is 9.24. The molecule has 0 amide bonds. The van der Waals surface area contributed by atoms with Crippen LogP contribution >= 0.6 is 0 Å². The van der Waals surface area contributed by atoms with Crippen molar-refractivity contribution in [3.8, 4) is 0 Å². The van der Waals surface area contributed by atoms with Crippen LogP contribution in [-0.4, -0.2) is 38.9 Å². The molecule has 1 heterocycles. The second kappa shape index (κ2) is 7.67. The quantitative estimate of drug-likeness (QED) is 0.763. The van der Waals surface area contributed by atoms with E-state index in [2.05, 4.69) is 32.6 Å². The predicted molar refractivity (Wildman–Crippen MR) is 96.3 cm³/mol. The van der Waals surface area contributed by atoms with Crippen molar-refractivity contribution >= 4 is 15.7 Å². The maximum Gasteiger partial charge on any atom is 0.243 e. The maximum absolute atomic E-state index is 12.9. The van der Waals surface area contributed by atoms with Crippen molar-refractivity contribution in [2.45, 2.75) is 45.4 Å². The molecule has 0 aromatic heterocycles. The van der Waals surface area contributed by atoms with Crippen LogP contribution in [0.5, 0.6) is 0 Å². The molecule has 0 radical (unpaired) electrons. The molecule has 0 aliphatic carbocycles. The summed E-state index contributed by atoms with van der Waals surface area (Å²) in [5, 5.41) is 0. The topological polar surface area (TPSA) is 40.6 Å². The Morgan fingerprint density at radius 2 is 1.43 bits per heavy atom. The summed E-state index contributed by atoms with van der Waals surface area (Å²) < 4.78 is 27.5. The Kier molecular flexibility index (Phi) is 6.09. The predicted octanol–water partition coefficient (Wildman–Crippen LogP) is 3.59. The van der Waals surface area contributed by atoms with Gasteiger partial charge in [0.25, 0.3) is 0 Å². The van der Waals surface area contributed by atoms with Crippen LogP contribution in [0.3, 0.4) is 0 Å². The third-order valence-electron chi connectivity index (χ3n) is 4.08. The van der Waals surface area contributed by atoms with E-state index >= 15 is 0 Å². The molecule has 0 saturated carbocycles. The van der Waals surface area contributed by atoms with Crippen LogP contribution in [0.2, 0.25) is 0 Å². The van der Waals surface area contributed by atoms with Crippen LogP contribution in [-0.2, 0) is 10.0 Å². The Balaban J connectivity index is 2.21. The summed E-state index contributed by atoms with van der Waals surface area (Å²) in [6.45, 7) is 11.5. The van der Waals surface area contributed by atoms with E-state index in [-0.39, 0.29) is 0 Å². The van der Waals surface area contributed by atoms with Gasteiger partial charge in [0, 0.05) is 31.9 Å². The van der Waals surface area contributed by atoms with Gasteiger partial charge < -0.3 is 4.90 Å². The molecule has 1 aromatic carbocycles. The van der Waals surface area contributed by atoms with Crippen LogP contribution in [0.1, 0.15) is 40.5 Å². The van der Waals surface area contributed by atoms with Crippen molar-refractivity contribution in [1.82, 2.24) is 4.31 Å². The number of benzene rings is 1. The molecule has 2 rings (SSSR count). The van der Waals surface area contributed by atoms with Crippen molar-refractivity contribution in [2.75, 3.05) is 31.1 Å². The van der Waals surface area contributed by atoms with Gasteiger partial charge in [0.05, 0.1) is 4.90 Å². The van der Waals surface area contributed by atoms with Crippen molar-refractivity contribution in [1.29, 1.82) is 0 Å². The first-order valence-corrected chi connectivity index (χ1v) is 10.1. The first-order valence-electron chi connectivity index (χ1n) is 8.66. The van der Waals surface area contributed by atoms with E-state index in [4.69, 9.17) is 0 Å². The molecule has 0 bridgehead atoms. The van der Waals surface area contributed by atoms with Crippen molar-refractivity contribution in [3.63, 3.8) is 0 Å². The van der Waals surface area contributed by atoms with Gasteiger partial charge >= 0.3 is 0 Å². The largest absolute Gasteiger partial charge is 0.372 e. The molecule has 1 fully saturated rings. The summed E-state index contributed by atoms with van der Waals surface area (Å²) in [6.07, 6.45) is 2.44. The first kappa shape index (κ1) is 18.3. The average Bonchev–Trinajstić information content (AvgIpc) is 3.00. The molecule has 1 aromatic rings. The van der Waals surface area contributed by atoms with Crippen LogP contribution < -0.4 is 4.90 Å². The third-order valence-corrected chi connectivity index (χ3v) is 5.93. The SMILES string of the molecule is CC(C)CN(CC(C)C)S(=O)(=O)c1ccc(N2CCCC2)cc1. The molecule has 4 nitrogen and oxygen atoms in total. The smallest absolute Gasteiger partial charge is 0.243 e. The summed E-state index contributed by atoms with van der Waals surface area (Å²) in [5.74, 6) is 0.625. The minimum Gasteiger partial charge on any atom is -0.372 e. The molecule has 0 atom stereocenters. The molecule has 0 spiro atoms. The summed E-state index contributed by atoms with van der Waals surface area (Å²) in [5.41, 5.74) is 1.13. The van der Waals surface area contributed by atoms with Crippen LogP contribution in [0.15, 0.2) is 29.2 Å².